The van der Waals surface area contributed by atoms with Crippen molar-refractivity contribution in [1.29, 1.82) is 0 Å². The summed E-state index contributed by atoms with van der Waals surface area (Å²) in [4.78, 5) is 15.2. The Balaban J connectivity index is 1.58. The van der Waals surface area contributed by atoms with Gasteiger partial charge < -0.3 is 15.0 Å². The van der Waals surface area contributed by atoms with Crippen molar-refractivity contribution in [3.05, 3.63) is 29.6 Å². The zero-order chi connectivity index (χ0) is 19.9. The van der Waals surface area contributed by atoms with Crippen LogP contribution in [0.3, 0.4) is 0 Å². The summed E-state index contributed by atoms with van der Waals surface area (Å²) in [5, 5.41) is 15.5. The van der Waals surface area contributed by atoms with Crippen LogP contribution in [0.15, 0.2) is 18.3 Å². The summed E-state index contributed by atoms with van der Waals surface area (Å²) in [6.45, 7) is 7.16. The SMILES string of the molecule is CCc1c(C(=O)NCCCN2CCCCC2C)cnn1-c1ccc(OC)nn1. The van der Waals surface area contributed by atoms with E-state index in [2.05, 4.69) is 32.4 Å². The number of hydrogen-bond acceptors (Lipinski definition) is 6. The second-order valence-corrected chi connectivity index (χ2v) is 7.19. The van der Waals surface area contributed by atoms with Crippen molar-refractivity contribution in [2.75, 3.05) is 26.7 Å². The lowest BCUT2D eigenvalue weighted by molar-refractivity contribution is 0.0948. The van der Waals surface area contributed by atoms with E-state index in [1.165, 1.54) is 25.8 Å². The number of methoxy groups -OCH3 is 1. The summed E-state index contributed by atoms with van der Waals surface area (Å²) in [5.74, 6) is 0.919. The molecule has 152 valence electrons. The maximum atomic E-state index is 12.7. The number of nitrogens with zero attached hydrogens (tertiary/aromatic N) is 5. The molecule has 1 amide bonds. The van der Waals surface area contributed by atoms with Gasteiger partial charge in [-0.05, 0) is 45.2 Å². The Morgan fingerprint density at radius 2 is 2.18 bits per heavy atom. The molecule has 0 bridgehead atoms. The maximum Gasteiger partial charge on any atom is 0.254 e. The maximum absolute atomic E-state index is 12.7. The van der Waals surface area contributed by atoms with E-state index in [0.29, 0.717) is 36.3 Å². The molecule has 0 spiro atoms. The zero-order valence-electron chi connectivity index (χ0n) is 17.0. The predicted octanol–water partition coefficient (Wildman–Crippen LogP) is 2.23. The molecule has 28 heavy (non-hydrogen) atoms. The van der Waals surface area contributed by atoms with E-state index in [4.69, 9.17) is 4.74 Å². The molecule has 1 N–H and O–H groups in total. The van der Waals surface area contributed by atoms with Crippen LogP contribution >= 0.6 is 0 Å². The number of piperidine rings is 1. The summed E-state index contributed by atoms with van der Waals surface area (Å²) >= 11 is 0. The molecule has 1 saturated heterocycles. The van der Waals surface area contributed by atoms with Crippen LogP contribution in [0, 0.1) is 0 Å². The summed E-state index contributed by atoms with van der Waals surface area (Å²) in [7, 11) is 1.55. The second-order valence-electron chi connectivity index (χ2n) is 7.19. The molecular weight excluding hydrogens is 356 g/mol. The standard InChI is InChI=1S/C20H30N6O2/c1-4-17-16(14-22-26(17)18-9-10-19(28-3)24-23-18)20(27)21-11-7-13-25-12-6-5-8-15(25)2/h9-10,14-15H,4-8,11-13H2,1-3H3,(H,21,27). The van der Waals surface area contributed by atoms with E-state index >= 15 is 0 Å². The van der Waals surface area contributed by atoms with Crippen molar-refractivity contribution in [1.82, 2.24) is 30.2 Å². The number of hydrogen-bond donors (Lipinski definition) is 1. The molecular formula is C20H30N6O2. The summed E-state index contributed by atoms with van der Waals surface area (Å²) in [6, 6.07) is 4.16. The van der Waals surface area contributed by atoms with Gasteiger partial charge >= 0.3 is 0 Å². The first-order chi connectivity index (χ1) is 13.6. The van der Waals surface area contributed by atoms with Gasteiger partial charge in [0.1, 0.15) is 0 Å². The quantitative estimate of drug-likeness (QED) is 0.700. The van der Waals surface area contributed by atoms with Gasteiger partial charge in [-0.2, -0.15) is 5.10 Å². The van der Waals surface area contributed by atoms with Crippen molar-refractivity contribution in [3.63, 3.8) is 0 Å². The van der Waals surface area contributed by atoms with Gasteiger partial charge in [0.25, 0.3) is 5.91 Å². The number of rotatable bonds is 8. The molecule has 0 aromatic carbocycles. The van der Waals surface area contributed by atoms with Crippen LogP contribution in [0.4, 0.5) is 0 Å². The minimum Gasteiger partial charge on any atom is -0.480 e. The van der Waals surface area contributed by atoms with Gasteiger partial charge in [0.2, 0.25) is 5.88 Å². The molecule has 0 radical (unpaired) electrons. The van der Waals surface area contributed by atoms with Gasteiger partial charge in [0.05, 0.1) is 24.6 Å². The number of carbonyl (C=O) groups is 1. The van der Waals surface area contributed by atoms with E-state index in [-0.39, 0.29) is 5.91 Å². The third kappa shape index (κ3) is 4.67. The van der Waals surface area contributed by atoms with Gasteiger partial charge in [0.15, 0.2) is 5.82 Å². The molecule has 1 fully saturated rings. The normalized spacial score (nSPS) is 17.5. The van der Waals surface area contributed by atoms with E-state index in [0.717, 1.165) is 18.7 Å². The molecule has 3 rings (SSSR count). The van der Waals surface area contributed by atoms with E-state index in [1.54, 1.807) is 30.1 Å². The van der Waals surface area contributed by atoms with Crippen molar-refractivity contribution < 1.29 is 9.53 Å². The van der Waals surface area contributed by atoms with Crippen LogP contribution in [0.2, 0.25) is 0 Å². The minimum atomic E-state index is -0.0868. The highest BCUT2D eigenvalue weighted by Gasteiger charge is 2.19. The third-order valence-corrected chi connectivity index (χ3v) is 5.35. The molecule has 2 aromatic heterocycles. The number of carbonyl (C=O) groups excluding carboxylic acids is 1. The van der Waals surface area contributed by atoms with Crippen LogP contribution in [0.1, 0.15) is 55.6 Å². The Morgan fingerprint density at radius 3 is 2.86 bits per heavy atom. The highest BCUT2D eigenvalue weighted by atomic mass is 16.5. The Kier molecular flexibility index (Phi) is 6.97. The van der Waals surface area contributed by atoms with Crippen LogP contribution < -0.4 is 10.1 Å². The van der Waals surface area contributed by atoms with Gasteiger partial charge in [-0.3, -0.25) is 4.79 Å². The van der Waals surface area contributed by atoms with E-state index in [1.807, 2.05) is 6.92 Å². The van der Waals surface area contributed by atoms with Crippen LogP contribution in [-0.4, -0.2) is 63.6 Å². The van der Waals surface area contributed by atoms with Gasteiger partial charge in [-0.15, -0.1) is 10.2 Å². The fraction of sp³-hybridized carbons (Fsp3) is 0.600. The van der Waals surface area contributed by atoms with Crippen molar-refractivity contribution >= 4 is 5.91 Å². The average molecular weight is 387 g/mol. The van der Waals surface area contributed by atoms with Crippen LogP contribution in [0.5, 0.6) is 5.88 Å². The lowest BCUT2D eigenvalue weighted by atomic mass is 10.0. The van der Waals surface area contributed by atoms with Gasteiger partial charge in [-0.25, -0.2) is 4.68 Å². The van der Waals surface area contributed by atoms with Crippen molar-refractivity contribution in [3.8, 4) is 11.7 Å². The second kappa shape index (κ2) is 9.64. The first kappa shape index (κ1) is 20.3. The van der Waals surface area contributed by atoms with Crippen LogP contribution in [0.25, 0.3) is 5.82 Å². The lowest BCUT2D eigenvalue weighted by Crippen LogP contribution is -2.39. The molecule has 2 aromatic rings. The van der Waals surface area contributed by atoms with Crippen molar-refractivity contribution in [2.45, 2.75) is 52.0 Å². The highest BCUT2D eigenvalue weighted by Crippen LogP contribution is 2.17. The fourth-order valence-electron chi connectivity index (χ4n) is 3.71. The van der Waals surface area contributed by atoms with Gasteiger partial charge in [-0.1, -0.05) is 13.3 Å². The number of ether oxygens (including phenoxy) is 1. The number of amides is 1. The highest BCUT2D eigenvalue weighted by molar-refractivity contribution is 5.95. The number of nitrogens with one attached hydrogen (secondary N) is 1. The summed E-state index contributed by atoms with van der Waals surface area (Å²) in [6.07, 6.45) is 7.12. The topological polar surface area (TPSA) is 85.2 Å². The average Bonchev–Trinajstić information content (AvgIpc) is 3.16. The van der Waals surface area contributed by atoms with E-state index in [9.17, 15) is 4.79 Å². The van der Waals surface area contributed by atoms with Gasteiger partial charge in [0, 0.05) is 25.2 Å². The summed E-state index contributed by atoms with van der Waals surface area (Å²) < 4.78 is 6.70. The third-order valence-electron chi connectivity index (χ3n) is 5.35. The summed E-state index contributed by atoms with van der Waals surface area (Å²) in [5.41, 5.74) is 1.41. The molecule has 1 aliphatic rings. The number of aromatic nitrogens is 4. The fourth-order valence-corrected chi connectivity index (χ4v) is 3.71. The molecule has 0 saturated carbocycles. The Bertz CT molecular complexity index is 774. The van der Waals surface area contributed by atoms with E-state index < -0.39 is 0 Å². The molecule has 1 unspecified atom stereocenters. The Hall–Kier alpha value is -2.48. The number of likely N-dealkylation sites (tertiary alicyclic amines) is 1. The molecule has 3 heterocycles. The molecule has 1 atom stereocenters. The monoisotopic (exact) mass is 386 g/mol. The molecule has 8 heteroatoms. The lowest BCUT2D eigenvalue weighted by Gasteiger charge is -2.33. The Labute approximate surface area is 166 Å². The largest absolute Gasteiger partial charge is 0.480 e. The first-order valence-electron chi connectivity index (χ1n) is 10.1. The molecule has 0 aliphatic carbocycles. The smallest absolute Gasteiger partial charge is 0.254 e. The Morgan fingerprint density at radius 1 is 1.32 bits per heavy atom. The van der Waals surface area contributed by atoms with Crippen LogP contribution in [-0.2, 0) is 6.42 Å². The molecule has 1 aliphatic heterocycles. The first-order valence-corrected chi connectivity index (χ1v) is 10.1. The minimum absolute atomic E-state index is 0.0868. The molecule has 8 nitrogen and oxygen atoms in total. The predicted molar refractivity (Wildman–Crippen MR) is 107 cm³/mol. The van der Waals surface area contributed by atoms with Crippen molar-refractivity contribution in [2.24, 2.45) is 0 Å². The zero-order valence-corrected chi connectivity index (χ0v) is 17.0.